The molecule has 1 aliphatic heterocycles. The van der Waals surface area contributed by atoms with Gasteiger partial charge in [-0.1, -0.05) is 6.92 Å². The third kappa shape index (κ3) is 5.50. The number of aromatic nitrogens is 1. The van der Waals surface area contributed by atoms with Crippen molar-refractivity contribution in [3.8, 4) is 6.07 Å². The van der Waals surface area contributed by atoms with Crippen LogP contribution in [0.5, 0.6) is 0 Å². The molecule has 1 amide bonds. The molecule has 0 saturated carbocycles. The molecule has 28 heavy (non-hydrogen) atoms. The van der Waals surface area contributed by atoms with E-state index in [1.165, 1.54) is 0 Å². The molecule has 2 rings (SSSR count). The van der Waals surface area contributed by atoms with Crippen molar-refractivity contribution in [1.82, 2.24) is 10.3 Å². The number of hydrogen-bond acceptors (Lipinski definition) is 5. The highest BCUT2D eigenvalue weighted by atomic mass is 19.4. The molecule has 2 atom stereocenters. The minimum Gasteiger partial charge on any atom is -0.444 e. The van der Waals surface area contributed by atoms with Crippen molar-refractivity contribution < 1.29 is 22.7 Å². The van der Waals surface area contributed by atoms with Gasteiger partial charge < -0.3 is 15.0 Å². The summed E-state index contributed by atoms with van der Waals surface area (Å²) in [6.07, 6.45) is -3.58. The number of nitrogens with zero attached hydrogens (tertiary/aromatic N) is 3. The highest BCUT2D eigenvalue weighted by molar-refractivity contribution is 5.68. The number of amides is 1. The van der Waals surface area contributed by atoms with Crippen LogP contribution in [0.25, 0.3) is 0 Å². The van der Waals surface area contributed by atoms with Gasteiger partial charge in [-0.3, -0.25) is 0 Å². The smallest absolute Gasteiger partial charge is 0.433 e. The van der Waals surface area contributed by atoms with Crippen molar-refractivity contribution in [2.45, 2.75) is 58.4 Å². The fourth-order valence-electron chi connectivity index (χ4n) is 3.24. The number of carbonyl (C=O) groups is 1. The molecular formula is C19H25F3N4O2. The molecule has 0 spiro atoms. The number of rotatable bonds is 3. The van der Waals surface area contributed by atoms with Gasteiger partial charge in [0, 0.05) is 13.1 Å². The number of pyridine rings is 1. The van der Waals surface area contributed by atoms with Crippen LogP contribution < -0.4 is 10.2 Å². The van der Waals surface area contributed by atoms with Crippen LogP contribution in [0.15, 0.2) is 12.1 Å². The summed E-state index contributed by atoms with van der Waals surface area (Å²) < 4.78 is 44.6. The van der Waals surface area contributed by atoms with Crippen LogP contribution in [0, 0.1) is 17.2 Å². The zero-order chi connectivity index (χ0) is 21.1. The van der Waals surface area contributed by atoms with Gasteiger partial charge in [0.1, 0.15) is 23.2 Å². The van der Waals surface area contributed by atoms with E-state index >= 15 is 0 Å². The molecule has 1 fully saturated rings. The maximum absolute atomic E-state index is 13.1. The first-order chi connectivity index (χ1) is 12.9. The normalized spacial score (nSPS) is 20.4. The van der Waals surface area contributed by atoms with E-state index in [1.807, 2.05) is 13.0 Å². The van der Waals surface area contributed by atoms with E-state index in [9.17, 15) is 23.2 Å². The van der Waals surface area contributed by atoms with Crippen molar-refractivity contribution in [2.75, 3.05) is 18.0 Å². The lowest BCUT2D eigenvalue weighted by atomic mass is 9.90. The van der Waals surface area contributed by atoms with Crippen molar-refractivity contribution in [1.29, 1.82) is 5.26 Å². The molecule has 6 nitrogen and oxygen atoms in total. The number of ether oxygens (including phenoxy) is 1. The average molecular weight is 398 g/mol. The number of anilines is 1. The molecule has 2 unspecified atom stereocenters. The van der Waals surface area contributed by atoms with E-state index < -0.39 is 23.6 Å². The fraction of sp³-hybridized carbons (Fsp3) is 0.632. The van der Waals surface area contributed by atoms with Crippen LogP contribution in [0.1, 0.15) is 51.8 Å². The molecule has 1 aliphatic rings. The van der Waals surface area contributed by atoms with Crippen molar-refractivity contribution in [2.24, 2.45) is 5.92 Å². The molecule has 0 bridgehead atoms. The number of alkyl halides is 3. The standard InChI is InChI=1S/C19H25F3N4O2/c1-12-6-5-9-26(14(12)11-24-17(27)28-18(2,3)4)16-13(10-23)7-8-15(25-16)19(20,21)22/h7-8,12,14H,5-6,9,11H2,1-4H3,(H,24,27). The van der Waals surface area contributed by atoms with E-state index in [0.717, 1.165) is 25.0 Å². The molecule has 9 heteroatoms. The Morgan fingerprint density at radius 3 is 2.64 bits per heavy atom. The minimum atomic E-state index is -4.60. The summed E-state index contributed by atoms with van der Waals surface area (Å²) in [5.74, 6) is 0.0893. The third-order valence-electron chi connectivity index (χ3n) is 4.53. The van der Waals surface area contributed by atoms with E-state index in [4.69, 9.17) is 4.74 Å². The molecule has 1 saturated heterocycles. The quantitative estimate of drug-likeness (QED) is 0.829. The summed E-state index contributed by atoms with van der Waals surface area (Å²) in [4.78, 5) is 17.4. The topological polar surface area (TPSA) is 78.3 Å². The number of carbonyl (C=O) groups excluding carboxylic acids is 1. The number of hydrogen-bond donors (Lipinski definition) is 1. The molecule has 1 aromatic rings. The van der Waals surface area contributed by atoms with Gasteiger partial charge in [0.15, 0.2) is 0 Å². The highest BCUT2D eigenvalue weighted by Crippen LogP contribution is 2.33. The van der Waals surface area contributed by atoms with Gasteiger partial charge in [0.25, 0.3) is 0 Å². The van der Waals surface area contributed by atoms with E-state index in [-0.39, 0.29) is 29.9 Å². The zero-order valence-corrected chi connectivity index (χ0v) is 16.4. The van der Waals surface area contributed by atoms with Crippen LogP contribution in [0.2, 0.25) is 0 Å². The largest absolute Gasteiger partial charge is 0.444 e. The first kappa shape index (κ1) is 21.8. The van der Waals surface area contributed by atoms with Gasteiger partial charge in [-0.2, -0.15) is 18.4 Å². The second kappa shape index (κ2) is 8.25. The Labute approximate surface area is 162 Å². The molecular weight excluding hydrogens is 373 g/mol. The van der Waals surface area contributed by atoms with Crippen LogP contribution in [-0.2, 0) is 10.9 Å². The molecule has 0 aliphatic carbocycles. The second-order valence-electron chi connectivity index (χ2n) is 7.94. The predicted molar refractivity (Wildman–Crippen MR) is 97.7 cm³/mol. The van der Waals surface area contributed by atoms with Gasteiger partial charge in [0.05, 0.1) is 11.6 Å². The van der Waals surface area contributed by atoms with Crippen molar-refractivity contribution >= 4 is 11.9 Å². The maximum atomic E-state index is 13.1. The summed E-state index contributed by atoms with van der Waals surface area (Å²) in [5.41, 5.74) is -1.62. The van der Waals surface area contributed by atoms with E-state index in [0.29, 0.717) is 6.54 Å². The summed E-state index contributed by atoms with van der Waals surface area (Å²) in [6.45, 7) is 7.83. The summed E-state index contributed by atoms with van der Waals surface area (Å²) in [7, 11) is 0. The first-order valence-electron chi connectivity index (χ1n) is 9.14. The van der Waals surface area contributed by atoms with E-state index in [1.54, 1.807) is 25.7 Å². The summed E-state index contributed by atoms with van der Waals surface area (Å²) >= 11 is 0. The van der Waals surface area contributed by atoms with Gasteiger partial charge in [-0.25, -0.2) is 9.78 Å². The van der Waals surface area contributed by atoms with Crippen molar-refractivity contribution in [3.63, 3.8) is 0 Å². The lowest BCUT2D eigenvalue weighted by Gasteiger charge is -2.41. The Kier molecular flexibility index (Phi) is 6.42. The molecule has 1 aromatic heterocycles. The Bertz CT molecular complexity index is 753. The summed E-state index contributed by atoms with van der Waals surface area (Å²) in [5, 5.41) is 12.0. The molecule has 0 radical (unpaired) electrons. The van der Waals surface area contributed by atoms with Crippen LogP contribution in [0.3, 0.4) is 0 Å². The number of nitrogens with one attached hydrogen (secondary N) is 1. The molecule has 2 heterocycles. The van der Waals surface area contributed by atoms with Crippen molar-refractivity contribution in [3.05, 3.63) is 23.4 Å². The number of alkyl carbamates (subject to hydrolysis) is 1. The Balaban J connectivity index is 2.29. The zero-order valence-electron chi connectivity index (χ0n) is 16.4. The van der Waals surface area contributed by atoms with Gasteiger partial charge in [-0.15, -0.1) is 0 Å². The van der Waals surface area contributed by atoms with Gasteiger partial charge in [0.2, 0.25) is 0 Å². The number of nitriles is 1. The Hall–Kier alpha value is -2.50. The number of piperidine rings is 1. The monoisotopic (exact) mass is 398 g/mol. The number of halogens is 3. The average Bonchev–Trinajstić information content (AvgIpc) is 2.57. The lowest BCUT2D eigenvalue weighted by Crippen LogP contribution is -2.52. The molecule has 1 N–H and O–H groups in total. The van der Waals surface area contributed by atoms with Gasteiger partial charge in [-0.05, 0) is 51.7 Å². The highest BCUT2D eigenvalue weighted by Gasteiger charge is 2.36. The molecule has 0 aromatic carbocycles. The third-order valence-corrected chi connectivity index (χ3v) is 4.53. The van der Waals surface area contributed by atoms with Gasteiger partial charge >= 0.3 is 12.3 Å². The molecule has 154 valence electrons. The Morgan fingerprint density at radius 1 is 1.39 bits per heavy atom. The minimum absolute atomic E-state index is 0.000126. The fourth-order valence-corrected chi connectivity index (χ4v) is 3.24. The maximum Gasteiger partial charge on any atom is 0.433 e. The predicted octanol–water partition coefficient (Wildman–Crippen LogP) is 4.10. The first-order valence-corrected chi connectivity index (χ1v) is 9.14. The second-order valence-corrected chi connectivity index (χ2v) is 7.94. The van der Waals surface area contributed by atoms with Crippen LogP contribution in [-0.4, -0.2) is 35.8 Å². The lowest BCUT2D eigenvalue weighted by molar-refractivity contribution is -0.141. The van der Waals surface area contributed by atoms with Crippen LogP contribution in [0.4, 0.5) is 23.8 Å². The van der Waals surface area contributed by atoms with E-state index in [2.05, 4.69) is 10.3 Å². The summed E-state index contributed by atoms with van der Waals surface area (Å²) in [6, 6.07) is 3.57. The van der Waals surface area contributed by atoms with Crippen LogP contribution >= 0.6 is 0 Å². The Morgan fingerprint density at radius 2 is 2.07 bits per heavy atom. The SMILES string of the molecule is CC1CCCN(c2nc(C(F)(F)F)ccc2C#N)C1CNC(=O)OC(C)(C)C.